The quantitative estimate of drug-likeness (QED) is 0.906. The number of amides is 1. The average Bonchev–Trinajstić information content (AvgIpc) is 2.72. The molecule has 20 heavy (non-hydrogen) atoms. The zero-order chi connectivity index (χ0) is 14.7. The molecule has 2 atom stereocenters. The first-order valence-corrected chi connectivity index (χ1v) is 7.89. The number of thioether (sulfide) groups is 1. The molecule has 1 N–H and O–H groups in total. The summed E-state index contributed by atoms with van der Waals surface area (Å²) in [6, 6.07) is 3.46. The largest absolute Gasteiger partial charge is 0.321 e. The summed E-state index contributed by atoms with van der Waals surface area (Å²) in [5, 5.41) is 2.99. The fraction of sp³-hybridized carbons (Fsp3) is 0.500. The van der Waals surface area contributed by atoms with Crippen molar-refractivity contribution in [2.24, 2.45) is 5.92 Å². The van der Waals surface area contributed by atoms with Crippen LogP contribution in [0.3, 0.4) is 0 Å². The molecule has 6 heteroatoms. The standard InChI is InChI=1S/C14H18F2N2OS/c1-9(8-20-2)7-18-13(19)6-17-14(18)11-4-3-10(15)5-12(11)16/h3-5,9,14,17H,6-8H2,1-2H3. The number of rotatable bonds is 5. The number of hydrogen-bond donors (Lipinski definition) is 1. The molecule has 110 valence electrons. The first-order valence-electron chi connectivity index (χ1n) is 6.49. The molecule has 1 aliphatic heterocycles. The van der Waals surface area contributed by atoms with Gasteiger partial charge in [0, 0.05) is 18.2 Å². The van der Waals surface area contributed by atoms with Gasteiger partial charge in [-0.25, -0.2) is 8.78 Å². The van der Waals surface area contributed by atoms with Crippen molar-refractivity contribution in [3.05, 3.63) is 35.4 Å². The average molecular weight is 300 g/mol. The van der Waals surface area contributed by atoms with Crippen LogP contribution in [0.1, 0.15) is 18.7 Å². The Labute approximate surface area is 121 Å². The molecule has 2 rings (SSSR count). The summed E-state index contributed by atoms with van der Waals surface area (Å²) in [5.41, 5.74) is 0.314. The van der Waals surface area contributed by atoms with Crippen molar-refractivity contribution in [2.45, 2.75) is 13.1 Å². The van der Waals surface area contributed by atoms with E-state index in [9.17, 15) is 13.6 Å². The van der Waals surface area contributed by atoms with Crippen LogP contribution in [0.4, 0.5) is 8.78 Å². The number of hydrogen-bond acceptors (Lipinski definition) is 3. The summed E-state index contributed by atoms with van der Waals surface area (Å²) >= 11 is 1.71. The van der Waals surface area contributed by atoms with Gasteiger partial charge in [-0.1, -0.05) is 6.92 Å². The number of nitrogens with zero attached hydrogens (tertiary/aromatic N) is 1. The first kappa shape index (κ1) is 15.3. The van der Waals surface area contributed by atoms with Crippen molar-refractivity contribution in [2.75, 3.05) is 25.1 Å². The maximum Gasteiger partial charge on any atom is 0.238 e. The predicted molar refractivity (Wildman–Crippen MR) is 76.4 cm³/mol. The van der Waals surface area contributed by atoms with Crippen LogP contribution in [0, 0.1) is 17.6 Å². The summed E-state index contributed by atoms with van der Waals surface area (Å²) in [7, 11) is 0. The molecule has 0 aromatic heterocycles. The molecule has 1 heterocycles. The topological polar surface area (TPSA) is 32.3 Å². The monoisotopic (exact) mass is 300 g/mol. The van der Waals surface area contributed by atoms with E-state index < -0.39 is 17.8 Å². The van der Waals surface area contributed by atoms with Crippen molar-refractivity contribution in [3.8, 4) is 0 Å². The van der Waals surface area contributed by atoms with Gasteiger partial charge in [-0.3, -0.25) is 10.1 Å². The highest BCUT2D eigenvalue weighted by Gasteiger charge is 2.33. The first-order chi connectivity index (χ1) is 9.52. The number of benzene rings is 1. The van der Waals surface area contributed by atoms with Gasteiger partial charge in [-0.05, 0) is 30.1 Å². The molecule has 1 aromatic rings. The van der Waals surface area contributed by atoms with Crippen molar-refractivity contribution in [1.29, 1.82) is 0 Å². The van der Waals surface area contributed by atoms with Gasteiger partial charge in [0.05, 0.1) is 6.54 Å². The van der Waals surface area contributed by atoms with Crippen molar-refractivity contribution >= 4 is 17.7 Å². The third kappa shape index (κ3) is 3.30. The van der Waals surface area contributed by atoms with E-state index in [-0.39, 0.29) is 12.5 Å². The predicted octanol–water partition coefficient (Wildman–Crippen LogP) is 2.39. The Hall–Kier alpha value is -1.14. The summed E-state index contributed by atoms with van der Waals surface area (Å²) in [6.45, 7) is 2.81. The van der Waals surface area contributed by atoms with Crippen LogP contribution in [0.25, 0.3) is 0 Å². The summed E-state index contributed by atoms with van der Waals surface area (Å²) in [5.74, 6) is -0.0355. The lowest BCUT2D eigenvalue weighted by Crippen LogP contribution is -2.35. The molecule has 0 saturated carbocycles. The van der Waals surface area contributed by atoms with Crippen LogP contribution < -0.4 is 5.32 Å². The van der Waals surface area contributed by atoms with Crippen LogP contribution in [0.15, 0.2) is 18.2 Å². The highest BCUT2D eigenvalue weighted by Crippen LogP contribution is 2.26. The fourth-order valence-electron chi connectivity index (χ4n) is 2.42. The van der Waals surface area contributed by atoms with Crippen LogP contribution in [-0.2, 0) is 4.79 Å². The Morgan fingerprint density at radius 3 is 2.90 bits per heavy atom. The Kier molecular flexibility index (Phi) is 4.99. The third-order valence-corrected chi connectivity index (χ3v) is 4.20. The fourth-order valence-corrected chi connectivity index (χ4v) is 3.10. The molecule has 0 aliphatic carbocycles. The zero-order valence-corrected chi connectivity index (χ0v) is 12.3. The molecule has 2 unspecified atom stereocenters. The van der Waals surface area contributed by atoms with E-state index >= 15 is 0 Å². The van der Waals surface area contributed by atoms with Crippen molar-refractivity contribution in [3.63, 3.8) is 0 Å². The van der Waals surface area contributed by atoms with Gasteiger partial charge in [0.25, 0.3) is 0 Å². The molecular formula is C14H18F2N2OS. The van der Waals surface area contributed by atoms with E-state index in [2.05, 4.69) is 12.2 Å². The molecule has 1 amide bonds. The molecule has 1 aliphatic rings. The number of halogens is 2. The molecule has 0 bridgehead atoms. The number of carbonyl (C=O) groups excluding carboxylic acids is 1. The van der Waals surface area contributed by atoms with E-state index in [0.717, 1.165) is 11.8 Å². The van der Waals surface area contributed by atoms with E-state index in [4.69, 9.17) is 0 Å². The highest BCUT2D eigenvalue weighted by atomic mass is 32.2. The SMILES string of the molecule is CSCC(C)CN1C(=O)CNC1c1ccc(F)cc1F. The zero-order valence-electron chi connectivity index (χ0n) is 11.5. The molecule has 1 fully saturated rings. The van der Waals surface area contributed by atoms with Crippen LogP contribution >= 0.6 is 11.8 Å². The summed E-state index contributed by atoms with van der Waals surface area (Å²) < 4.78 is 26.8. The maximum atomic E-state index is 13.9. The van der Waals surface area contributed by atoms with Gasteiger partial charge in [0.1, 0.15) is 17.8 Å². The van der Waals surface area contributed by atoms with Crippen molar-refractivity contribution < 1.29 is 13.6 Å². The summed E-state index contributed by atoms with van der Waals surface area (Å²) in [4.78, 5) is 13.6. The Bertz CT molecular complexity index is 498. The van der Waals surface area contributed by atoms with Crippen molar-refractivity contribution in [1.82, 2.24) is 10.2 Å². The highest BCUT2D eigenvalue weighted by molar-refractivity contribution is 7.98. The molecule has 1 aromatic carbocycles. The second kappa shape index (κ2) is 6.54. The van der Waals surface area contributed by atoms with Gasteiger partial charge < -0.3 is 4.90 Å². The Morgan fingerprint density at radius 2 is 2.25 bits per heavy atom. The number of carbonyl (C=O) groups is 1. The Morgan fingerprint density at radius 1 is 1.50 bits per heavy atom. The second-order valence-electron chi connectivity index (χ2n) is 5.06. The molecule has 0 radical (unpaired) electrons. The minimum Gasteiger partial charge on any atom is -0.321 e. The normalized spacial score (nSPS) is 20.5. The van der Waals surface area contributed by atoms with Gasteiger partial charge in [0.15, 0.2) is 0 Å². The summed E-state index contributed by atoms with van der Waals surface area (Å²) in [6.07, 6.45) is 1.50. The van der Waals surface area contributed by atoms with Gasteiger partial charge >= 0.3 is 0 Å². The Balaban J connectivity index is 2.19. The maximum absolute atomic E-state index is 13.9. The van der Waals surface area contributed by atoms with E-state index in [1.54, 1.807) is 16.7 Å². The second-order valence-corrected chi connectivity index (χ2v) is 5.97. The van der Waals surface area contributed by atoms with Crippen LogP contribution in [-0.4, -0.2) is 35.9 Å². The molecule has 1 saturated heterocycles. The molecule has 3 nitrogen and oxygen atoms in total. The lowest BCUT2D eigenvalue weighted by molar-refractivity contribution is -0.128. The molecular weight excluding hydrogens is 282 g/mol. The minimum atomic E-state index is -0.625. The smallest absolute Gasteiger partial charge is 0.238 e. The third-order valence-electron chi connectivity index (χ3n) is 3.30. The van der Waals surface area contributed by atoms with E-state index in [1.807, 2.05) is 6.26 Å². The van der Waals surface area contributed by atoms with Gasteiger partial charge in [0.2, 0.25) is 5.91 Å². The van der Waals surface area contributed by atoms with E-state index in [1.165, 1.54) is 12.1 Å². The number of nitrogens with one attached hydrogen (secondary N) is 1. The lowest BCUT2D eigenvalue weighted by Gasteiger charge is -2.27. The molecule has 0 spiro atoms. The lowest BCUT2D eigenvalue weighted by atomic mass is 10.1. The van der Waals surface area contributed by atoms with Crippen LogP contribution in [0.5, 0.6) is 0 Å². The van der Waals surface area contributed by atoms with Gasteiger partial charge in [-0.2, -0.15) is 11.8 Å². The minimum absolute atomic E-state index is 0.0494. The van der Waals surface area contributed by atoms with Gasteiger partial charge in [-0.15, -0.1) is 0 Å². The van der Waals surface area contributed by atoms with E-state index in [0.29, 0.717) is 18.0 Å². The van der Waals surface area contributed by atoms with Crippen LogP contribution in [0.2, 0.25) is 0 Å².